The summed E-state index contributed by atoms with van der Waals surface area (Å²) in [7, 11) is 3.00. The van der Waals surface area contributed by atoms with Crippen LogP contribution in [0.15, 0.2) is 29.6 Å². The molecule has 110 valence electrons. The van der Waals surface area contributed by atoms with Crippen LogP contribution in [0.25, 0.3) is 0 Å². The zero-order chi connectivity index (χ0) is 15.4. The first-order valence-corrected chi connectivity index (χ1v) is 6.85. The minimum absolute atomic E-state index is 0.281. The largest absolute Gasteiger partial charge is 0.497 e. The number of methoxy groups -OCH3 is 2. The summed E-state index contributed by atoms with van der Waals surface area (Å²) in [5, 5.41) is 4.75. The number of carbonyl (C=O) groups is 2. The third-order valence-electron chi connectivity index (χ3n) is 2.77. The Hall–Kier alpha value is -2.54. The lowest BCUT2D eigenvalue weighted by molar-refractivity contribution is 0.100. The second-order valence-electron chi connectivity index (χ2n) is 4.08. The van der Waals surface area contributed by atoms with Gasteiger partial charge in [-0.1, -0.05) is 0 Å². The highest BCUT2D eigenvalue weighted by atomic mass is 32.1. The van der Waals surface area contributed by atoms with E-state index in [-0.39, 0.29) is 11.5 Å². The molecule has 0 atom stereocenters. The molecular weight excluding hydrogens is 292 g/mol. The van der Waals surface area contributed by atoms with Crippen molar-refractivity contribution in [1.29, 1.82) is 0 Å². The second-order valence-corrected chi connectivity index (χ2v) is 5.00. The summed E-state index contributed by atoms with van der Waals surface area (Å²) < 4.78 is 10.2. The number of nitrogens with one attached hydrogen (secondary N) is 1. The number of ether oxygens (including phenoxy) is 2. The number of thiophene rings is 1. The van der Waals surface area contributed by atoms with Crippen LogP contribution in [0.2, 0.25) is 0 Å². The Morgan fingerprint density at radius 2 is 1.76 bits per heavy atom. The Labute approximate surface area is 125 Å². The van der Waals surface area contributed by atoms with Crippen LogP contribution in [0, 0.1) is 0 Å². The molecule has 0 unspecified atom stereocenters. The molecule has 3 N–H and O–H groups in total. The monoisotopic (exact) mass is 306 g/mol. The molecule has 0 bridgehead atoms. The fraction of sp³-hybridized carbons (Fsp3) is 0.143. The van der Waals surface area contributed by atoms with E-state index in [1.807, 2.05) is 0 Å². The van der Waals surface area contributed by atoms with Gasteiger partial charge in [-0.2, -0.15) is 0 Å². The highest BCUT2D eigenvalue weighted by Crippen LogP contribution is 2.26. The van der Waals surface area contributed by atoms with Crippen molar-refractivity contribution < 1.29 is 19.1 Å². The van der Waals surface area contributed by atoms with Crippen LogP contribution in [0.1, 0.15) is 20.7 Å². The zero-order valence-electron chi connectivity index (χ0n) is 11.5. The van der Waals surface area contributed by atoms with E-state index in [2.05, 4.69) is 5.32 Å². The van der Waals surface area contributed by atoms with Crippen LogP contribution >= 0.6 is 11.3 Å². The molecular formula is C14H14N2O4S. The minimum Gasteiger partial charge on any atom is -0.497 e. The SMILES string of the molecule is COc1cc(OC)cc(C(=O)Nc2sccc2C(N)=O)c1. The molecule has 0 saturated heterocycles. The van der Waals surface area contributed by atoms with E-state index in [1.54, 1.807) is 29.6 Å². The maximum atomic E-state index is 12.3. The van der Waals surface area contributed by atoms with Gasteiger partial charge in [-0.15, -0.1) is 11.3 Å². The highest BCUT2D eigenvalue weighted by Gasteiger charge is 2.15. The Morgan fingerprint density at radius 1 is 1.14 bits per heavy atom. The first-order valence-electron chi connectivity index (χ1n) is 5.97. The summed E-state index contributed by atoms with van der Waals surface area (Å²) in [6.45, 7) is 0. The van der Waals surface area contributed by atoms with Gasteiger partial charge in [0.2, 0.25) is 0 Å². The van der Waals surface area contributed by atoms with Gasteiger partial charge in [0.15, 0.2) is 0 Å². The Bertz CT molecular complexity index is 659. The van der Waals surface area contributed by atoms with Crippen LogP contribution < -0.4 is 20.5 Å². The van der Waals surface area contributed by atoms with Crippen molar-refractivity contribution in [3.8, 4) is 11.5 Å². The molecule has 1 aromatic carbocycles. The van der Waals surface area contributed by atoms with Gasteiger partial charge in [0.25, 0.3) is 11.8 Å². The third kappa shape index (κ3) is 3.32. The summed E-state index contributed by atoms with van der Waals surface area (Å²) in [6, 6.07) is 6.39. The van der Waals surface area contributed by atoms with Gasteiger partial charge in [0.1, 0.15) is 16.5 Å². The molecule has 6 nitrogen and oxygen atoms in total. The molecule has 0 aliphatic carbocycles. The molecule has 7 heteroatoms. The van der Waals surface area contributed by atoms with E-state index in [0.29, 0.717) is 22.1 Å². The fourth-order valence-electron chi connectivity index (χ4n) is 1.71. The van der Waals surface area contributed by atoms with E-state index in [1.165, 1.54) is 25.6 Å². The molecule has 0 saturated carbocycles. The summed E-state index contributed by atoms with van der Waals surface area (Å²) in [5.41, 5.74) is 5.88. The van der Waals surface area contributed by atoms with Gasteiger partial charge in [0.05, 0.1) is 19.8 Å². The number of benzene rings is 1. The van der Waals surface area contributed by atoms with Gasteiger partial charge < -0.3 is 20.5 Å². The highest BCUT2D eigenvalue weighted by molar-refractivity contribution is 7.14. The predicted molar refractivity (Wildman–Crippen MR) is 80.3 cm³/mol. The van der Waals surface area contributed by atoms with E-state index in [0.717, 1.165) is 0 Å². The molecule has 0 radical (unpaired) electrons. The fourth-order valence-corrected chi connectivity index (χ4v) is 2.50. The summed E-state index contributed by atoms with van der Waals surface area (Å²) in [5.74, 6) is 0.0357. The van der Waals surface area contributed by atoms with Crippen molar-refractivity contribution in [2.75, 3.05) is 19.5 Å². The van der Waals surface area contributed by atoms with Gasteiger partial charge in [-0.25, -0.2) is 0 Å². The Balaban J connectivity index is 2.28. The molecule has 2 aromatic rings. The molecule has 1 heterocycles. The quantitative estimate of drug-likeness (QED) is 0.885. The number of primary amides is 1. The third-order valence-corrected chi connectivity index (χ3v) is 3.60. The first kappa shape index (κ1) is 14.9. The zero-order valence-corrected chi connectivity index (χ0v) is 12.3. The van der Waals surface area contributed by atoms with Crippen molar-refractivity contribution in [3.05, 3.63) is 40.8 Å². The number of hydrogen-bond donors (Lipinski definition) is 2. The number of rotatable bonds is 5. The van der Waals surface area contributed by atoms with E-state index in [4.69, 9.17) is 15.2 Å². The van der Waals surface area contributed by atoms with Gasteiger partial charge in [-0.3, -0.25) is 9.59 Å². The average molecular weight is 306 g/mol. The van der Waals surface area contributed by atoms with Crippen molar-refractivity contribution in [1.82, 2.24) is 0 Å². The summed E-state index contributed by atoms with van der Waals surface area (Å²) in [4.78, 5) is 23.5. The summed E-state index contributed by atoms with van der Waals surface area (Å²) in [6.07, 6.45) is 0. The maximum absolute atomic E-state index is 12.3. The smallest absolute Gasteiger partial charge is 0.256 e. The summed E-state index contributed by atoms with van der Waals surface area (Å²) >= 11 is 1.23. The number of carbonyl (C=O) groups excluding carboxylic acids is 2. The lowest BCUT2D eigenvalue weighted by Gasteiger charge is -2.09. The van der Waals surface area contributed by atoms with Crippen molar-refractivity contribution >= 4 is 28.2 Å². The topological polar surface area (TPSA) is 90.7 Å². The van der Waals surface area contributed by atoms with Crippen molar-refractivity contribution in [3.63, 3.8) is 0 Å². The normalized spacial score (nSPS) is 10.0. The number of nitrogens with two attached hydrogens (primary N) is 1. The van der Waals surface area contributed by atoms with Gasteiger partial charge >= 0.3 is 0 Å². The Kier molecular flexibility index (Phi) is 4.44. The van der Waals surface area contributed by atoms with E-state index in [9.17, 15) is 9.59 Å². The second kappa shape index (κ2) is 6.27. The average Bonchev–Trinajstić information content (AvgIpc) is 2.94. The minimum atomic E-state index is -0.588. The maximum Gasteiger partial charge on any atom is 0.256 e. The first-order chi connectivity index (χ1) is 10.0. The number of anilines is 1. The van der Waals surface area contributed by atoms with Gasteiger partial charge in [-0.05, 0) is 23.6 Å². The standard InChI is InChI=1S/C14H14N2O4S/c1-19-9-5-8(6-10(7-9)20-2)13(18)16-14-11(12(15)17)3-4-21-14/h3-7H,1-2H3,(H2,15,17)(H,16,18). The molecule has 21 heavy (non-hydrogen) atoms. The molecule has 2 amide bonds. The van der Waals surface area contributed by atoms with Crippen LogP contribution in [0.5, 0.6) is 11.5 Å². The molecule has 0 aliphatic heterocycles. The van der Waals surface area contributed by atoms with Crippen LogP contribution in [-0.2, 0) is 0 Å². The van der Waals surface area contributed by atoms with Crippen molar-refractivity contribution in [2.45, 2.75) is 0 Å². The predicted octanol–water partition coefficient (Wildman–Crippen LogP) is 2.12. The molecule has 2 rings (SSSR count). The van der Waals surface area contributed by atoms with E-state index >= 15 is 0 Å². The van der Waals surface area contributed by atoms with Gasteiger partial charge in [0, 0.05) is 11.6 Å². The van der Waals surface area contributed by atoms with Crippen LogP contribution in [-0.4, -0.2) is 26.0 Å². The molecule has 1 aromatic heterocycles. The van der Waals surface area contributed by atoms with E-state index < -0.39 is 5.91 Å². The number of amides is 2. The van der Waals surface area contributed by atoms with Crippen LogP contribution in [0.3, 0.4) is 0 Å². The molecule has 0 spiro atoms. The number of hydrogen-bond acceptors (Lipinski definition) is 5. The molecule has 0 aliphatic rings. The molecule has 0 fully saturated rings. The Morgan fingerprint density at radius 3 is 2.29 bits per heavy atom. The lowest BCUT2D eigenvalue weighted by atomic mass is 10.2. The van der Waals surface area contributed by atoms with Crippen LogP contribution in [0.4, 0.5) is 5.00 Å². The lowest BCUT2D eigenvalue weighted by Crippen LogP contribution is -2.16. The van der Waals surface area contributed by atoms with Crippen molar-refractivity contribution in [2.24, 2.45) is 5.73 Å².